The van der Waals surface area contributed by atoms with E-state index >= 15 is 0 Å². The zero-order valence-electron chi connectivity index (χ0n) is 17.5. The number of benzene rings is 1. The first kappa shape index (κ1) is 20.9. The fourth-order valence-electron chi connectivity index (χ4n) is 3.71. The predicted molar refractivity (Wildman–Crippen MR) is 126 cm³/mol. The van der Waals surface area contributed by atoms with Gasteiger partial charge in [0.2, 0.25) is 11.0 Å². The Morgan fingerprint density at radius 2 is 1.94 bits per heavy atom. The van der Waals surface area contributed by atoms with Crippen molar-refractivity contribution in [3.63, 3.8) is 0 Å². The van der Waals surface area contributed by atoms with Crippen LogP contribution in [0.2, 0.25) is 5.02 Å². The molecule has 32 heavy (non-hydrogen) atoms. The minimum Gasteiger partial charge on any atom is -0.300 e. The molecule has 1 atom stereocenters. The van der Waals surface area contributed by atoms with Crippen LogP contribution in [0.5, 0.6) is 0 Å². The number of aliphatic imine (C=N–C) groups is 1. The quantitative estimate of drug-likeness (QED) is 0.454. The Bertz CT molecular complexity index is 1340. The molecule has 0 bridgehead atoms. The fourth-order valence-corrected chi connectivity index (χ4v) is 5.51. The summed E-state index contributed by atoms with van der Waals surface area (Å²) < 4.78 is 2.02. The van der Waals surface area contributed by atoms with Crippen molar-refractivity contribution in [2.75, 3.05) is 5.32 Å². The molecular formula is C21H18ClN7OS2. The number of hydrogen-bond acceptors (Lipinski definition) is 8. The molecule has 4 heterocycles. The van der Waals surface area contributed by atoms with Gasteiger partial charge in [0.25, 0.3) is 0 Å². The van der Waals surface area contributed by atoms with Crippen molar-refractivity contribution in [3.8, 4) is 5.00 Å². The lowest BCUT2D eigenvalue weighted by atomic mass is 9.99. The van der Waals surface area contributed by atoms with E-state index in [0.717, 1.165) is 33.2 Å². The molecule has 0 aliphatic carbocycles. The van der Waals surface area contributed by atoms with Gasteiger partial charge in [-0.05, 0) is 38.5 Å². The van der Waals surface area contributed by atoms with Crippen LogP contribution >= 0.6 is 34.3 Å². The van der Waals surface area contributed by atoms with Crippen molar-refractivity contribution >= 4 is 51.0 Å². The third-order valence-electron chi connectivity index (χ3n) is 5.34. The number of carbonyl (C=O) groups excluding carboxylic acids is 1. The number of nitrogens with zero attached hydrogens (tertiary/aromatic N) is 6. The van der Waals surface area contributed by atoms with Gasteiger partial charge in [-0.3, -0.25) is 14.4 Å². The highest BCUT2D eigenvalue weighted by molar-refractivity contribution is 7.15. The smallest absolute Gasteiger partial charge is 0.228 e. The zero-order chi connectivity index (χ0) is 22.4. The van der Waals surface area contributed by atoms with Crippen LogP contribution in [0.1, 0.15) is 45.7 Å². The van der Waals surface area contributed by atoms with Gasteiger partial charge in [-0.25, -0.2) is 0 Å². The van der Waals surface area contributed by atoms with Crippen LogP contribution in [-0.2, 0) is 4.79 Å². The molecule has 5 rings (SSSR count). The Balaban J connectivity index is 1.66. The van der Waals surface area contributed by atoms with Gasteiger partial charge in [0.05, 0.1) is 12.1 Å². The second-order valence-electron chi connectivity index (χ2n) is 7.40. The SMILES string of the molecule is Cc1sc2c(c1C)C(c1ccc(Cl)cc1)=N[C@@H](CC(=O)Nc1nncs1)c1nnc(C)n1-2. The highest BCUT2D eigenvalue weighted by Gasteiger charge is 2.32. The second-order valence-corrected chi connectivity index (χ2v) is 9.87. The van der Waals surface area contributed by atoms with Gasteiger partial charge < -0.3 is 5.32 Å². The van der Waals surface area contributed by atoms with E-state index in [1.807, 2.05) is 35.8 Å². The molecule has 1 aromatic carbocycles. The Morgan fingerprint density at radius 1 is 1.16 bits per heavy atom. The lowest BCUT2D eigenvalue weighted by molar-refractivity contribution is -0.116. The van der Waals surface area contributed by atoms with E-state index in [-0.39, 0.29) is 12.3 Å². The van der Waals surface area contributed by atoms with Gasteiger partial charge in [0.15, 0.2) is 5.82 Å². The number of aromatic nitrogens is 5. The van der Waals surface area contributed by atoms with Gasteiger partial charge in [0.1, 0.15) is 22.4 Å². The number of amides is 1. The number of carbonyl (C=O) groups is 1. The van der Waals surface area contributed by atoms with Gasteiger partial charge in [0, 0.05) is 21.0 Å². The molecule has 1 aliphatic rings. The maximum atomic E-state index is 12.8. The van der Waals surface area contributed by atoms with Crippen molar-refractivity contribution in [2.24, 2.45) is 4.99 Å². The van der Waals surface area contributed by atoms with Gasteiger partial charge >= 0.3 is 0 Å². The van der Waals surface area contributed by atoms with E-state index in [4.69, 9.17) is 16.6 Å². The summed E-state index contributed by atoms with van der Waals surface area (Å²) in [7, 11) is 0. The summed E-state index contributed by atoms with van der Waals surface area (Å²) >= 11 is 9.08. The van der Waals surface area contributed by atoms with Crippen LogP contribution in [-0.4, -0.2) is 36.6 Å². The van der Waals surface area contributed by atoms with E-state index in [2.05, 4.69) is 39.6 Å². The van der Waals surface area contributed by atoms with Gasteiger partial charge in [-0.1, -0.05) is 35.1 Å². The number of fused-ring (bicyclic) bond motifs is 3. The number of hydrogen-bond donors (Lipinski definition) is 1. The monoisotopic (exact) mass is 483 g/mol. The largest absolute Gasteiger partial charge is 0.300 e. The molecule has 8 nitrogen and oxygen atoms in total. The Morgan fingerprint density at radius 3 is 2.66 bits per heavy atom. The van der Waals surface area contributed by atoms with Crippen LogP contribution in [0, 0.1) is 20.8 Å². The molecular weight excluding hydrogens is 466 g/mol. The summed E-state index contributed by atoms with van der Waals surface area (Å²) in [5, 5.41) is 21.3. The Kier molecular flexibility index (Phi) is 5.36. The first-order valence-electron chi connectivity index (χ1n) is 9.84. The molecule has 0 unspecified atom stereocenters. The number of aryl methyl sites for hydroxylation is 2. The molecule has 162 valence electrons. The average Bonchev–Trinajstić information content (AvgIpc) is 3.45. The van der Waals surface area contributed by atoms with Crippen LogP contribution in [0.4, 0.5) is 5.13 Å². The van der Waals surface area contributed by atoms with Crippen molar-refractivity contribution in [1.82, 2.24) is 25.0 Å². The molecule has 1 N–H and O–H groups in total. The number of halogens is 1. The van der Waals surface area contributed by atoms with Crippen molar-refractivity contribution in [3.05, 3.63) is 68.0 Å². The molecule has 0 saturated heterocycles. The van der Waals surface area contributed by atoms with Crippen LogP contribution in [0.3, 0.4) is 0 Å². The molecule has 0 spiro atoms. The molecule has 3 aromatic heterocycles. The first-order chi connectivity index (χ1) is 15.4. The first-order valence-corrected chi connectivity index (χ1v) is 11.9. The number of nitrogens with one attached hydrogen (secondary N) is 1. The van der Waals surface area contributed by atoms with Gasteiger partial charge in [-0.2, -0.15) is 0 Å². The van der Waals surface area contributed by atoms with E-state index in [9.17, 15) is 4.79 Å². The maximum Gasteiger partial charge on any atom is 0.228 e. The minimum atomic E-state index is -0.519. The second kappa shape index (κ2) is 8.19. The summed E-state index contributed by atoms with van der Waals surface area (Å²) in [6.45, 7) is 6.11. The summed E-state index contributed by atoms with van der Waals surface area (Å²) in [4.78, 5) is 19.1. The summed E-state index contributed by atoms with van der Waals surface area (Å²) in [5.74, 6) is 1.18. The molecule has 1 amide bonds. The highest BCUT2D eigenvalue weighted by Crippen LogP contribution is 2.39. The van der Waals surface area contributed by atoms with Crippen LogP contribution in [0.15, 0.2) is 34.8 Å². The summed E-state index contributed by atoms with van der Waals surface area (Å²) in [6, 6.07) is 7.08. The summed E-state index contributed by atoms with van der Waals surface area (Å²) in [5.41, 5.74) is 5.50. The van der Waals surface area contributed by atoms with Crippen LogP contribution in [0.25, 0.3) is 5.00 Å². The number of thiophene rings is 1. The fraction of sp³-hybridized carbons (Fsp3) is 0.238. The third kappa shape index (κ3) is 3.64. The van der Waals surface area contributed by atoms with E-state index in [1.54, 1.807) is 16.8 Å². The third-order valence-corrected chi connectivity index (χ3v) is 7.39. The molecule has 0 radical (unpaired) electrons. The van der Waals surface area contributed by atoms with Gasteiger partial charge in [-0.15, -0.1) is 31.7 Å². The maximum absolute atomic E-state index is 12.8. The van der Waals surface area contributed by atoms with Crippen molar-refractivity contribution < 1.29 is 4.79 Å². The number of rotatable bonds is 4. The van der Waals surface area contributed by atoms with E-state index in [0.29, 0.717) is 16.0 Å². The number of anilines is 1. The topological polar surface area (TPSA) is 98.0 Å². The Labute approximate surface area is 197 Å². The summed E-state index contributed by atoms with van der Waals surface area (Å²) in [6.07, 6.45) is 0.0990. The van der Waals surface area contributed by atoms with E-state index < -0.39 is 6.04 Å². The lowest BCUT2D eigenvalue weighted by Crippen LogP contribution is -2.17. The average molecular weight is 484 g/mol. The Hall–Kier alpha value is -2.95. The lowest BCUT2D eigenvalue weighted by Gasteiger charge is -2.12. The zero-order valence-corrected chi connectivity index (χ0v) is 19.8. The van der Waals surface area contributed by atoms with Crippen molar-refractivity contribution in [2.45, 2.75) is 33.2 Å². The predicted octanol–water partition coefficient (Wildman–Crippen LogP) is 4.68. The van der Waals surface area contributed by atoms with E-state index in [1.165, 1.54) is 16.2 Å². The molecule has 0 fully saturated rings. The van der Waals surface area contributed by atoms with Crippen molar-refractivity contribution in [1.29, 1.82) is 0 Å². The minimum absolute atomic E-state index is 0.0990. The molecule has 11 heteroatoms. The molecule has 4 aromatic rings. The highest BCUT2D eigenvalue weighted by atomic mass is 35.5. The standard InChI is InChI=1S/C21H18ClN7OS2/c1-10-11(2)32-20-17(10)18(13-4-6-14(22)7-5-13)24-15(19-27-26-12(3)29(19)20)8-16(30)25-21-28-23-9-31-21/h4-7,9,15H,8H2,1-3H3,(H,25,28,30)/t15-/m0/s1. The molecule has 1 aliphatic heterocycles. The normalized spacial score (nSPS) is 15.0. The van der Waals surface area contributed by atoms with Crippen LogP contribution < -0.4 is 5.32 Å². The molecule has 0 saturated carbocycles.